The Hall–Kier alpha value is -1.36. The first-order valence-corrected chi connectivity index (χ1v) is 7.65. The van der Waals surface area contributed by atoms with Crippen LogP contribution in [0.15, 0.2) is 6.07 Å². The third-order valence-electron chi connectivity index (χ3n) is 3.44. The van der Waals surface area contributed by atoms with Gasteiger partial charge in [0.15, 0.2) is 5.82 Å². The molecule has 1 aliphatic carbocycles. The third kappa shape index (κ3) is 4.34. The Kier molecular flexibility index (Phi) is 5.59. The first kappa shape index (κ1) is 15.0. The van der Waals surface area contributed by atoms with Gasteiger partial charge in [-0.25, -0.2) is 9.97 Å². The maximum absolute atomic E-state index is 5.44. The van der Waals surface area contributed by atoms with Crippen molar-refractivity contribution in [3.63, 3.8) is 0 Å². The minimum Gasteiger partial charge on any atom is -0.374 e. The van der Waals surface area contributed by atoms with Crippen LogP contribution in [-0.2, 0) is 11.3 Å². The van der Waals surface area contributed by atoms with Crippen molar-refractivity contribution in [1.29, 1.82) is 0 Å². The molecule has 112 valence electrons. The highest BCUT2D eigenvalue weighted by Gasteiger charge is 2.25. The molecule has 1 aromatic rings. The van der Waals surface area contributed by atoms with Crippen molar-refractivity contribution in [2.75, 3.05) is 37.0 Å². The smallest absolute Gasteiger partial charge is 0.158 e. The van der Waals surface area contributed by atoms with E-state index in [1.807, 2.05) is 20.0 Å². The van der Waals surface area contributed by atoms with Gasteiger partial charge in [-0.2, -0.15) is 0 Å². The van der Waals surface area contributed by atoms with E-state index >= 15 is 0 Å². The van der Waals surface area contributed by atoms with Gasteiger partial charge in [0.2, 0.25) is 0 Å². The van der Waals surface area contributed by atoms with Crippen LogP contribution in [0.5, 0.6) is 0 Å². The molecule has 0 aromatic carbocycles. The Morgan fingerprint density at radius 1 is 1.35 bits per heavy atom. The van der Waals surface area contributed by atoms with Crippen LogP contribution >= 0.6 is 0 Å². The summed E-state index contributed by atoms with van der Waals surface area (Å²) >= 11 is 0. The fourth-order valence-corrected chi connectivity index (χ4v) is 2.21. The SMILES string of the molecule is CCCN(CC1CC1)c1cc(NC)nc(COCC)n1. The average Bonchev–Trinajstić information content (AvgIpc) is 3.28. The molecule has 0 radical (unpaired) electrons. The van der Waals surface area contributed by atoms with Crippen molar-refractivity contribution < 1.29 is 4.74 Å². The zero-order chi connectivity index (χ0) is 14.4. The average molecular weight is 278 g/mol. The zero-order valence-electron chi connectivity index (χ0n) is 12.9. The maximum Gasteiger partial charge on any atom is 0.158 e. The van der Waals surface area contributed by atoms with Crippen LogP contribution in [0.2, 0.25) is 0 Å². The van der Waals surface area contributed by atoms with Gasteiger partial charge >= 0.3 is 0 Å². The van der Waals surface area contributed by atoms with E-state index in [4.69, 9.17) is 4.74 Å². The Morgan fingerprint density at radius 2 is 2.15 bits per heavy atom. The van der Waals surface area contributed by atoms with E-state index in [1.165, 1.54) is 12.8 Å². The summed E-state index contributed by atoms with van der Waals surface area (Å²) in [6.07, 6.45) is 3.85. The van der Waals surface area contributed by atoms with Crippen LogP contribution in [0.4, 0.5) is 11.6 Å². The molecule has 0 spiro atoms. The van der Waals surface area contributed by atoms with E-state index < -0.39 is 0 Å². The Morgan fingerprint density at radius 3 is 2.75 bits per heavy atom. The van der Waals surface area contributed by atoms with E-state index in [1.54, 1.807) is 0 Å². The Bertz CT molecular complexity index is 420. The fraction of sp³-hybridized carbons (Fsp3) is 0.733. The second-order valence-corrected chi connectivity index (χ2v) is 5.30. The maximum atomic E-state index is 5.44. The van der Waals surface area contributed by atoms with Crippen LogP contribution < -0.4 is 10.2 Å². The largest absolute Gasteiger partial charge is 0.374 e. The molecule has 1 N–H and O–H groups in total. The molecular formula is C15H26N4O. The predicted octanol–water partition coefficient (Wildman–Crippen LogP) is 2.68. The molecule has 1 aliphatic rings. The Balaban J connectivity index is 2.16. The van der Waals surface area contributed by atoms with Crippen LogP contribution in [0.3, 0.4) is 0 Å². The van der Waals surface area contributed by atoms with Crippen LogP contribution in [0.1, 0.15) is 38.9 Å². The molecule has 1 heterocycles. The van der Waals surface area contributed by atoms with E-state index in [0.717, 1.165) is 42.9 Å². The molecule has 1 aromatic heterocycles. The second-order valence-electron chi connectivity index (χ2n) is 5.30. The highest BCUT2D eigenvalue weighted by molar-refractivity contribution is 5.49. The van der Waals surface area contributed by atoms with Crippen molar-refractivity contribution >= 4 is 11.6 Å². The number of aromatic nitrogens is 2. The summed E-state index contributed by atoms with van der Waals surface area (Å²) in [5.74, 6) is 3.49. The number of hydrogen-bond acceptors (Lipinski definition) is 5. The molecule has 0 saturated heterocycles. The van der Waals surface area contributed by atoms with Gasteiger partial charge in [0.25, 0.3) is 0 Å². The van der Waals surface area contributed by atoms with E-state index in [2.05, 4.69) is 27.1 Å². The van der Waals surface area contributed by atoms with Gasteiger partial charge in [-0.1, -0.05) is 6.92 Å². The van der Waals surface area contributed by atoms with Crippen molar-refractivity contribution in [3.8, 4) is 0 Å². The molecule has 5 nitrogen and oxygen atoms in total. The molecule has 0 atom stereocenters. The van der Waals surface area contributed by atoms with Crippen molar-refractivity contribution in [3.05, 3.63) is 11.9 Å². The fourth-order valence-electron chi connectivity index (χ4n) is 2.21. The molecule has 1 fully saturated rings. The normalized spacial score (nSPS) is 14.3. The van der Waals surface area contributed by atoms with Crippen LogP contribution in [0, 0.1) is 5.92 Å². The van der Waals surface area contributed by atoms with Crippen molar-refractivity contribution in [1.82, 2.24) is 9.97 Å². The minimum absolute atomic E-state index is 0.475. The van der Waals surface area contributed by atoms with Gasteiger partial charge in [-0.05, 0) is 32.1 Å². The zero-order valence-corrected chi connectivity index (χ0v) is 12.9. The number of rotatable bonds is 9. The molecule has 0 bridgehead atoms. The summed E-state index contributed by atoms with van der Waals surface area (Å²) in [5, 5.41) is 3.12. The van der Waals surface area contributed by atoms with Gasteiger partial charge in [0.1, 0.15) is 18.2 Å². The van der Waals surface area contributed by atoms with E-state index in [0.29, 0.717) is 13.2 Å². The number of ether oxygens (including phenoxy) is 1. The standard InChI is InChI=1S/C15H26N4O/c1-4-8-19(10-12-6-7-12)15-9-13(16-3)17-14(18-15)11-20-5-2/h9,12H,4-8,10-11H2,1-3H3,(H,16,17,18). The lowest BCUT2D eigenvalue weighted by atomic mass is 10.3. The molecule has 0 unspecified atom stereocenters. The number of hydrogen-bond donors (Lipinski definition) is 1. The molecular weight excluding hydrogens is 252 g/mol. The predicted molar refractivity (Wildman–Crippen MR) is 82.1 cm³/mol. The quantitative estimate of drug-likeness (QED) is 0.752. The summed E-state index contributed by atoms with van der Waals surface area (Å²) in [6, 6.07) is 2.04. The molecule has 0 amide bonds. The molecule has 5 heteroatoms. The molecule has 1 saturated carbocycles. The summed E-state index contributed by atoms with van der Waals surface area (Å²) in [4.78, 5) is 11.5. The summed E-state index contributed by atoms with van der Waals surface area (Å²) in [7, 11) is 1.89. The second kappa shape index (κ2) is 7.43. The van der Waals surface area contributed by atoms with Gasteiger partial charge < -0.3 is 15.0 Å². The lowest BCUT2D eigenvalue weighted by molar-refractivity contribution is 0.128. The number of anilines is 2. The van der Waals surface area contributed by atoms with E-state index in [-0.39, 0.29) is 0 Å². The van der Waals surface area contributed by atoms with Crippen LogP contribution in [-0.4, -0.2) is 36.7 Å². The van der Waals surface area contributed by atoms with Gasteiger partial charge in [0, 0.05) is 32.8 Å². The monoisotopic (exact) mass is 278 g/mol. The highest BCUT2D eigenvalue weighted by Crippen LogP contribution is 2.31. The summed E-state index contributed by atoms with van der Waals surface area (Å²) in [5.41, 5.74) is 0. The van der Waals surface area contributed by atoms with Crippen molar-refractivity contribution in [2.24, 2.45) is 5.92 Å². The van der Waals surface area contributed by atoms with Crippen molar-refractivity contribution in [2.45, 2.75) is 39.7 Å². The molecule has 20 heavy (non-hydrogen) atoms. The summed E-state index contributed by atoms with van der Waals surface area (Å²) < 4.78 is 5.44. The third-order valence-corrected chi connectivity index (χ3v) is 3.44. The van der Waals surface area contributed by atoms with Crippen LogP contribution in [0.25, 0.3) is 0 Å². The van der Waals surface area contributed by atoms with Gasteiger partial charge in [0.05, 0.1) is 0 Å². The number of nitrogens with zero attached hydrogens (tertiary/aromatic N) is 3. The number of nitrogens with one attached hydrogen (secondary N) is 1. The highest BCUT2D eigenvalue weighted by atomic mass is 16.5. The lowest BCUT2D eigenvalue weighted by Crippen LogP contribution is -2.28. The Labute approximate surface area is 121 Å². The first-order valence-electron chi connectivity index (χ1n) is 7.65. The summed E-state index contributed by atoms with van der Waals surface area (Å²) in [6.45, 7) is 7.51. The van der Waals surface area contributed by atoms with Gasteiger partial charge in [-0.15, -0.1) is 0 Å². The molecule has 0 aliphatic heterocycles. The lowest BCUT2D eigenvalue weighted by Gasteiger charge is -2.24. The minimum atomic E-state index is 0.475. The molecule has 2 rings (SSSR count). The first-order chi connectivity index (χ1) is 9.76. The van der Waals surface area contributed by atoms with E-state index in [9.17, 15) is 0 Å². The topological polar surface area (TPSA) is 50.3 Å². The van der Waals surface area contributed by atoms with Gasteiger partial charge in [-0.3, -0.25) is 0 Å².